The first-order valence-corrected chi connectivity index (χ1v) is 3.58. The van der Waals surface area contributed by atoms with Gasteiger partial charge in [-0.05, 0) is 13.8 Å². The Labute approximate surface area is 70.6 Å². The number of aryl methyl sites for hydroxylation is 2. The molecule has 0 saturated heterocycles. The van der Waals surface area contributed by atoms with Gasteiger partial charge < -0.3 is 4.74 Å². The molecule has 0 amide bonds. The van der Waals surface area contributed by atoms with Crippen molar-refractivity contribution in [3.8, 4) is 5.75 Å². The van der Waals surface area contributed by atoms with Crippen molar-refractivity contribution in [1.29, 1.82) is 0 Å². The van der Waals surface area contributed by atoms with Crippen LogP contribution in [0.25, 0.3) is 0 Å². The third kappa shape index (κ3) is 2.02. The third-order valence-corrected chi connectivity index (χ3v) is 1.31. The van der Waals surface area contributed by atoms with E-state index in [-0.39, 0.29) is 5.97 Å². The van der Waals surface area contributed by atoms with Gasteiger partial charge in [-0.2, -0.15) is 0 Å². The maximum atomic E-state index is 10.6. The molecule has 4 heteroatoms. The van der Waals surface area contributed by atoms with Crippen LogP contribution in [0.15, 0.2) is 6.20 Å². The zero-order valence-corrected chi connectivity index (χ0v) is 7.29. The van der Waals surface area contributed by atoms with Gasteiger partial charge in [0.15, 0.2) is 5.75 Å². The van der Waals surface area contributed by atoms with E-state index in [2.05, 4.69) is 9.97 Å². The normalized spacial score (nSPS) is 9.58. The van der Waals surface area contributed by atoms with Crippen LogP contribution in [0.4, 0.5) is 0 Å². The number of aromatic nitrogens is 2. The highest BCUT2D eigenvalue weighted by molar-refractivity contribution is 5.69. The van der Waals surface area contributed by atoms with Crippen molar-refractivity contribution < 1.29 is 9.53 Å². The summed E-state index contributed by atoms with van der Waals surface area (Å²) in [5.74, 6) is 0.738. The molecule has 0 aliphatic carbocycles. The van der Waals surface area contributed by atoms with Gasteiger partial charge in [0.1, 0.15) is 5.82 Å². The molecule has 4 nitrogen and oxygen atoms in total. The summed E-state index contributed by atoms with van der Waals surface area (Å²) in [5.41, 5.74) is 0.678. The molecule has 0 aliphatic rings. The summed E-state index contributed by atoms with van der Waals surface area (Å²) in [4.78, 5) is 18.5. The lowest BCUT2D eigenvalue weighted by Crippen LogP contribution is -2.04. The molecule has 0 aliphatic heterocycles. The molecule has 12 heavy (non-hydrogen) atoms. The van der Waals surface area contributed by atoms with Gasteiger partial charge in [0.2, 0.25) is 0 Å². The van der Waals surface area contributed by atoms with Gasteiger partial charge in [-0.15, -0.1) is 0 Å². The molecule has 1 rings (SSSR count). The molecule has 0 saturated carbocycles. The van der Waals surface area contributed by atoms with Crippen LogP contribution in [-0.2, 0) is 4.79 Å². The zero-order valence-electron chi connectivity index (χ0n) is 7.29. The Kier molecular flexibility index (Phi) is 2.38. The Bertz CT molecular complexity index is 310. The maximum absolute atomic E-state index is 10.6. The highest BCUT2D eigenvalue weighted by atomic mass is 16.5. The molecule has 0 atom stereocenters. The average molecular weight is 166 g/mol. The molecule has 0 N–H and O–H groups in total. The Hall–Kier alpha value is -1.45. The number of hydrogen-bond donors (Lipinski definition) is 0. The van der Waals surface area contributed by atoms with E-state index in [1.807, 2.05) is 0 Å². The van der Waals surface area contributed by atoms with E-state index < -0.39 is 0 Å². The van der Waals surface area contributed by atoms with E-state index in [9.17, 15) is 4.79 Å². The van der Waals surface area contributed by atoms with Crippen LogP contribution in [0.2, 0.25) is 0 Å². The summed E-state index contributed by atoms with van der Waals surface area (Å²) in [7, 11) is 0. The molecule has 0 bridgehead atoms. The summed E-state index contributed by atoms with van der Waals surface area (Å²) >= 11 is 0. The molecule has 0 aromatic carbocycles. The Morgan fingerprint density at radius 3 is 2.67 bits per heavy atom. The quantitative estimate of drug-likeness (QED) is 0.584. The number of carbonyl (C=O) groups excluding carboxylic acids is 1. The molecule has 0 fully saturated rings. The minimum atomic E-state index is -0.356. The average Bonchev–Trinajstić information content (AvgIpc) is 1.94. The highest BCUT2D eigenvalue weighted by Crippen LogP contribution is 2.12. The Balaban J connectivity index is 2.93. The van der Waals surface area contributed by atoms with Crippen molar-refractivity contribution in [3.63, 3.8) is 0 Å². The fourth-order valence-corrected chi connectivity index (χ4v) is 0.827. The Morgan fingerprint density at radius 2 is 2.17 bits per heavy atom. The van der Waals surface area contributed by atoms with Crippen molar-refractivity contribution in [1.82, 2.24) is 9.97 Å². The summed E-state index contributed by atoms with van der Waals surface area (Å²) in [6.07, 6.45) is 1.50. The summed E-state index contributed by atoms with van der Waals surface area (Å²) in [6.45, 7) is 4.90. The summed E-state index contributed by atoms with van der Waals surface area (Å²) in [5, 5.41) is 0. The molecular weight excluding hydrogens is 156 g/mol. The smallest absolute Gasteiger partial charge is 0.308 e. The van der Waals surface area contributed by atoms with E-state index in [4.69, 9.17) is 4.74 Å². The Morgan fingerprint density at radius 1 is 1.50 bits per heavy atom. The van der Waals surface area contributed by atoms with Gasteiger partial charge in [0.25, 0.3) is 0 Å². The molecule has 1 heterocycles. The fourth-order valence-electron chi connectivity index (χ4n) is 0.827. The molecule has 1 aromatic rings. The maximum Gasteiger partial charge on any atom is 0.308 e. The van der Waals surface area contributed by atoms with E-state index in [1.54, 1.807) is 13.8 Å². The number of hydrogen-bond acceptors (Lipinski definition) is 4. The second-order valence-electron chi connectivity index (χ2n) is 2.46. The predicted molar refractivity (Wildman–Crippen MR) is 42.8 cm³/mol. The lowest BCUT2D eigenvalue weighted by Gasteiger charge is -2.03. The first-order valence-electron chi connectivity index (χ1n) is 3.58. The van der Waals surface area contributed by atoms with Crippen LogP contribution in [0.3, 0.4) is 0 Å². The summed E-state index contributed by atoms with van der Waals surface area (Å²) < 4.78 is 4.84. The van der Waals surface area contributed by atoms with Crippen molar-refractivity contribution in [3.05, 3.63) is 17.7 Å². The lowest BCUT2D eigenvalue weighted by atomic mass is 10.4. The number of esters is 1. The van der Waals surface area contributed by atoms with E-state index in [0.29, 0.717) is 17.3 Å². The van der Waals surface area contributed by atoms with Crippen LogP contribution < -0.4 is 4.74 Å². The van der Waals surface area contributed by atoms with Gasteiger partial charge in [-0.25, -0.2) is 9.97 Å². The van der Waals surface area contributed by atoms with Gasteiger partial charge in [0, 0.05) is 6.92 Å². The van der Waals surface area contributed by atoms with Crippen molar-refractivity contribution in [2.75, 3.05) is 0 Å². The molecule has 0 unspecified atom stereocenters. The van der Waals surface area contributed by atoms with Crippen molar-refractivity contribution in [2.45, 2.75) is 20.8 Å². The molecule has 0 spiro atoms. The van der Waals surface area contributed by atoms with Gasteiger partial charge in [-0.3, -0.25) is 4.79 Å². The molecule has 0 radical (unpaired) electrons. The third-order valence-electron chi connectivity index (χ3n) is 1.31. The monoisotopic (exact) mass is 166 g/mol. The van der Waals surface area contributed by atoms with Gasteiger partial charge in [-0.1, -0.05) is 0 Å². The molecular formula is C8H10N2O2. The number of carbonyl (C=O) groups is 1. The van der Waals surface area contributed by atoms with Crippen LogP contribution in [0, 0.1) is 13.8 Å². The minimum Gasteiger partial charge on any atom is -0.423 e. The SMILES string of the molecule is CC(=O)Oc1cnc(C)nc1C. The summed E-state index contributed by atoms with van der Waals surface area (Å²) in [6, 6.07) is 0. The zero-order chi connectivity index (χ0) is 9.14. The second-order valence-corrected chi connectivity index (χ2v) is 2.46. The standard InChI is InChI=1S/C8H10N2O2/c1-5-8(12-7(3)11)4-9-6(2)10-5/h4H,1-3H3. The fraction of sp³-hybridized carbons (Fsp3) is 0.375. The lowest BCUT2D eigenvalue weighted by molar-refractivity contribution is -0.131. The highest BCUT2D eigenvalue weighted by Gasteiger charge is 2.03. The first kappa shape index (κ1) is 8.64. The largest absolute Gasteiger partial charge is 0.423 e. The van der Waals surface area contributed by atoms with Gasteiger partial charge in [0.05, 0.1) is 11.9 Å². The number of nitrogens with zero attached hydrogens (tertiary/aromatic N) is 2. The van der Waals surface area contributed by atoms with Crippen molar-refractivity contribution in [2.24, 2.45) is 0 Å². The van der Waals surface area contributed by atoms with E-state index in [0.717, 1.165) is 0 Å². The first-order chi connectivity index (χ1) is 5.59. The van der Waals surface area contributed by atoms with Crippen LogP contribution in [0.1, 0.15) is 18.4 Å². The van der Waals surface area contributed by atoms with Gasteiger partial charge >= 0.3 is 5.97 Å². The van der Waals surface area contributed by atoms with E-state index >= 15 is 0 Å². The minimum absolute atomic E-state index is 0.356. The number of rotatable bonds is 1. The number of ether oxygens (including phenoxy) is 1. The van der Waals surface area contributed by atoms with E-state index in [1.165, 1.54) is 13.1 Å². The van der Waals surface area contributed by atoms with Crippen molar-refractivity contribution >= 4 is 5.97 Å². The van der Waals surface area contributed by atoms with Crippen LogP contribution in [-0.4, -0.2) is 15.9 Å². The topological polar surface area (TPSA) is 52.1 Å². The molecule has 64 valence electrons. The second kappa shape index (κ2) is 3.30. The van der Waals surface area contributed by atoms with Crippen LogP contribution in [0.5, 0.6) is 5.75 Å². The predicted octanol–water partition coefficient (Wildman–Crippen LogP) is 1.02. The van der Waals surface area contributed by atoms with Crippen LogP contribution >= 0.6 is 0 Å². The molecule has 1 aromatic heterocycles.